The second-order valence-electron chi connectivity index (χ2n) is 12.9. The smallest absolute Gasteiger partial charge is 0.162 e. The van der Waals surface area contributed by atoms with Gasteiger partial charge in [0.15, 0.2) is 5.82 Å². The van der Waals surface area contributed by atoms with Gasteiger partial charge in [-0.15, -0.1) is 5.11 Å². The van der Waals surface area contributed by atoms with Crippen LogP contribution in [-0.4, -0.2) is 21.6 Å². The zero-order valence-electron chi connectivity index (χ0n) is 32.9. The maximum atomic E-state index is 13.8. The molecule has 0 saturated carbocycles. The summed E-state index contributed by atoms with van der Waals surface area (Å²) >= 11 is 6.35. The van der Waals surface area contributed by atoms with Crippen LogP contribution in [0.4, 0.5) is 10.2 Å². The summed E-state index contributed by atoms with van der Waals surface area (Å²) in [6, 6.07) is 20.6. The number of anilines is 1. The third-order valence-electron chi connectivity index (χ3n) is 8.93. The molecule has 284 valence electrons. The number of ketones is 1. The van der Waals surface area contributed by atoms with Gasteiger partial charge in [-0.05, 0) is 91.5 Å². The van der Waals surface area contributed by atoms with Gasteiger partial charge in [0.2, 0.25) is 0 Å². The molecule has 0 fully saturated rings. The van der Waals surface area contributed by atoms with E-state index in [0.717, 1.165) is 46.2 Å². The number of allylic oxidation sites excluding steroid dienone is 1. The molecule has 0 aliphatic carbocycles. The zero-order valence-corrected chi connectivity index (χ0v) is 33.6. The molecule has 53 heavy (non-hydrogen) atoms. The minimum atomic E-state index is -1.04. The van der Waals surface area contributed by atoms with Crippen LogP contribution < -0.4 is 11.6 Å². The molecule has 0 radical (unpaired) electrons. The van der Waals surface area contributed by atoms with Crippen molar-refractivity contribution in [2.45, 2.75) is 112 Å². The van der Waals surface area contributed by atoms with Gasteiger partial charge in [0.1, 0.15) is 23.3 Å². The van der Waals surface area contributed by atoms with Crippen molar-refractivity contribution < 1.29 is 9.18 Å². The molecule has 0 aliphatic heterocycles. The number of nitrogens with one attached hydrogen (secondary N) is 1. The molecule has 0 spiro atoms. The quantitative estimate of drug-likeness (QED) is 0.0411. The van der Waals surface area contributed by atoms with E-state index in [4.69, 9.17) is 38.6 Å². The van der Waals surface area contributed by atoms with E-state index in [1.165, 1.54) is 6.07 Å². The van der Waals surface area contributed by atoms with Gasteiger partial charge in [-0.1, -0.05) is 120 Å². The first kappa shape index (κ1) is 44.4. The maximum Gasteiger partial charge on any atom is 0.162 e. The van der Waals surface area contributed by atoms with Crippen molar-refractivity contribution >= 4 is 34.6 Å². The Morgan fingerprint density at radius 3 is 2.21 bits per heavy atom. The lowest BCUT2D eigenvalue weighted by molar-refractivity contribution is -0.122. The van der Waals surface area contributed by atoms with Crippen LogP contribution in [0.5, 0.6) is 0 Å². The summed E-state index contributed by atoms with van der Waals surface area (Å²) in [5, 5.41) is 15.2. The van der Waals surface area contributed by atoms with Gasteiger partial charge in [-0.3, -0.25) is 10.2 Å². The highest BCUT2D eigenvalue weighted by Crippen LogP contribution is 2.40. The number of nitrogen functional groups attached to an aromatic ring is 1. The van der Waals surface area contributed by atoms with Crippen molar-refractivity contribution in [1.29, 1.82) is 5.41 Å². The minimum absolute atomic E-state index is 0.0538. The van der Waals surface area contributed by atoms with Crippen molar-refractivity contribution in [3.8, 4) is 0 Å². The minimum Gasteiger partial charge on any atom is -0.383 e. The summed E-state index contributed by atoms with van der Waals surface area (Å²) in [5.74, 6) is 6.17. The van der Waals surface area contributed by atoms with E-state index in [2.05, 4.69) is 37.2 Å². The molecule has 0 amide bonds. The van der Waals surface area contributed by atoms with Gasteiger partial charge >= 0.3 is 0 Å². The van der Waals surface area contributed by atoms with Crippen LogP contribution in [0.25, 0.3) is 5.57 Å². The largest absolute Gasteiger partial charge is 0.383 e. The van der Waals surface area contributed by atoms with Crippen molar-refractivity contribution in [2.24, 2.45) is 16.2 Å². The first-order valence-corrected chi connectivity index (χ1v) is 18.9. The number of rotatable bonds is 13. The Morgan fingerprint density at radius 2 is 1.68 bits per heavy atom. The van der Waals surface area contributed by atoms with E-state index in [1.54, 1.807) is 12.1 Å². The molecule has 0 aliphatic rings. The molecule has 5 N–H and O–H groups in total. The highest BCUT2D eigenvalue weighted by Gasteiger charge is 2.40. The number of halogens is 2. The van der Waals surface area contributed by atoms with Crippen LogP contribution in [0.2, 0.25) is 5.02 Å². The van der Waals surface area contributed by atoms with E-state index in [0.29, 0.717) is 47.8 Å². The van der Waals surface area contributed by atoms with Gasteiger partial charge < -0.3 is 11.6 Å². The molecule has 4 aromatic rings. The van der Waals surface area contributed by atoms with Crippen molar-refractivity contribution in [3.05, 3.63) is 129 Å². The number of nitrogens with two attached hydrogens (primary N) is 2. The van der Waals surface area contributed by atoms with Crippen molar-refractivity contribution in [2.75, 3.05) is 5.73 Å². The molecular weight excluding hydrogens is 685 g/mol. The second-order valence-corrected chi connectivity index (χ2v) is 13.3. The van der Waals surface area contributed by atoms with Crippen LogP contribution in [-0.2, 0) is 23.1 Å². The van der Waals surface area contributed by atoms with E-state index in [9.17, 15) is 9.18 Å². The standard InChI is InChI=1S/C33H42ClN7O.C8H9F.C2H6/c1-7-9-26(25-17-16-24(34)19-27(25)20(3)4)32-38-21(5)30(31(36)39-32)33(6,28(42)10-8-2)23-14-11-22(12-15-23)13-18-29(35)40-41-37;1-2-7-5-3-4-6-8(7)9;1-2/h9,11-12,14-17,19-20H,7-8,10,13,18H2,1-6H3,(H3,35,37,40)(H2,36,38,39);3-6H,2H2,1H3;1-2H3/t33-;;/m1../s1. The molecule has 0 unspecified atom stereocenters. The molecule has 10 heteroatoms. The molecule has 8 nitrogen and oxygen atoms in total. The molecule has 1 heterocycles. The molecule has 4 rings (SSSR count). The van der Waals surface area contributed by atoms with Crippen molar-refractivity contribution in [3.63, 3.8) is 0 Å². The monoisotopic (exact) mass is 741 g/mol. The van der Waals surface area contributed by atoms with E-state index in [1.807, 2.05) is 90.1 Å². The number of aromatic nitrogens is 2. The fourth-order valence-corrected chi connectivity index (χ4v) is 6.39. The van der Waals surface area contributed by atoms with Crippen LogP contribution in [0, 0.1) is 18.2 Å². The highest BCUT2D eigenvalue weighted by atomic mass is 35.5. The van der Waals surface area contributed by atoms with Gasteiger partial charge in [-0.25, -0.2) is 14.4 Å². The Kier molecular flexibility index (Phi) is 18.2. The predicted molar refractivity (Wildman–Crippen MR) is 219 cm³/mol. The Bertz CT molecular complexity index is 1850. The number of amidine groups is 1. The maximum absolute atomic E-state index is 13.8. The van der Waals surface area contributed by atoms with Gasteiger partial charge in [0.25, 0.3) is 0 Å². The first-order chi connectivity index (χ1) is 25.3. The number of carbonyl (C=O) groups is 1. The lowest BCUT2D eigenvalue weighted by Crippen LogP contribution is -2.36. The average molecular weight is 742 g/mol. The number of benzene rings is 3. The Labute approximate surface area is 320 Å². The van der Waals surface area contributed by atoms with Gasteiger partial charge in [-0.2, -0.15) is 0 Å². The summed E-state index contributed by atoms with van der Waals surface area (Å²) in [5.41, 5.74) is 12.6. The van der Waals surface area contributed by atoms with Gasteiger partial charge in [0, 0.05) is 34.7 Å². The second kappa shape index (κ2) is 21.7. The third-order valence-corrected chi connectivity index (χ3v) is 9.16. The third kappa shape index (κ3) is 11.6. The van der Waals surface area contributed by atoms with Crippen LogP contribution in [0.3, 0.4) is 0 Å². The molecule has 1 aromatic heterocycles. The Balaban J connectivity index is 0.000000760. The fraction of sp³-hybridized carbons (Fsp3) is 0.395. The summed E-state index contributed by atoms with van der Waals surface area (Å²) < 4.78 is 12.6. The number of hydrogen-bond acceptors (Lipinski definition) is 6. The summed E-state index contributed by atoms with van der Waals surface area (Å²) in [7, 11) is 0. The lowest BCUT2D eigenvalue weighted by atomic mass is 9.71. The van der Waals surface area contributed by atoms with Crippen LogP contribution >= 0.6 is 11.6 Å². The van der Waals surface area contributed by atoms with E-state index < -0.39 is 5.41 Å². The number of carbonyl (C=O) groups excluding carboxylic acids is 1. The lowest BCUT2D eigenvalue weighted by Gasteiger charge is -2.32. The molecule has 0 bridgehead atoms. The number of hydrogen-bond donors (Lipinski definition) is 3. The van der Waals surface area contributed by atoms with E-state index in [-0.39, 0.29) is 29.2 Å². The van der Waals surface area contributed by atoms with E-state index >= 15 is 0 Å². The average Bonchev–Trinajstić information content (AvgIpc) is 3.14. The number of aryl methyl sites for hydroxylation is 3. The molecule has 1 atom stereocenters. The highest BCUT2D eigenvalue weighted by molar-refractivity contribution is 6.30. The van der Waals surface area contributed by atoms with Crippen LogP contribution in [0.15, 0.2) is 83.1 Å². The molecule has 0 saturated heterocycles. The molecule has 3 aromatic carbocycles. The predicted octanol–water partition coefficient (Wildman–Crippen LogP) is 11.3. The normalized spacial score (nSPS) is 12.4. The fourth-order valence-electron chi connectivity index (χ4n) is 6.21. The first-order valence-electron chi connectivity index (χ1n) is 18.5. The van der Waals surface area contributed by atoms with Crippen LogP contribution in [0.1, 0.15) is 132 Å². The Hall–Kier alpha value is -4.76. The summed E-state index contributed by atoms with van der Waals surface area (Å²) in [6.07, 6.45) is 5.78. The number of Topliss-reactive ketones (excluding diaryl/α,β-unsaturated/α-hetero) is 1. The topological polar surface area (TPSA) is 143 Å². The summed E-state index contributed by atoms with van der Waals surface area (Å²) in [4.78, 5) is 23.6. The summed E-state index contributed by atoms with van der Waals surface area (Å²) in [6.45, 7) is 18.1. The Morgan fingerprint density at radius 1 is 1.02 bits per heavy atom. The number of nitrogens with zero attached hydrogens (tertiary/aromatic N) is 4. The SMILES string of the molecule is CC.CCC=C(c1nc(C)c([C@@](C)(C(=O)CCC)c2ccc(CCC(=N)N=NN)cc2)c(N)n1)c1ccc(Cl)cc1C(C)C.CCc1ccccc1F. The van der Waals surface area contributed by atoms with Crippen molar-refractivity contribution in [1.82, 2.24) is 9.97 Å². The van der Waals surface area contributed by atoms with Gasteiger partial charge in [0.05, 0.1) is 5.41 Å². The molecular formula is C43H57ClFN7O. The zero-order chi connectivity index (χ0) is 39.7.